The van der Waals surface area contributed by atoms with E-state index in [-0.39, 0.29) is 19.0 Å². The summed E-state index contributed by atoms with van der Waals surface area (Å²) in [5, 5.41) is 16.9. The van der Waals surface area contributed by atoms with E-state index in [0.29, 0.717) is 0 Å². The smallest absolute Gasteiger partial charge is 0.241 e. The molecular weight excluding hydrogens is 156 g/mol. The zero-order chi connectivity index (χ0) is 6.69. The van der Waals surface area contributed by atoms with Crippen LogP contribution in [0.15, 0.2) is 18.7 Å². The van der Waals surface area contributed by atoms with Gasteiger partial charge in [0.25, 0.3) is 0 Å². The average molecular weight is 165 g/mol. The van der Waals surface area contributed by atoms with E-state index in [2.05, 4.69) is 4.98 Å². The highest BCUT2D eigenvalue weighted by molar-refractivity contribution is 4.55. The van der Waals surface area contributed by atoms with E-state index in [1.807, 2.05) is 0 Å². The summed E-state index contributed by atoms with van der Waals surface area (Å²) < 4.78 is 1.64. The van der Waals surface area contributed by atoms with Crippen molar-refractivity contribution in [1.82, 2.24) is 4.98 Å². The third-order valence-corrected chi connectivity index (χ3v) is 0.977. The van der Waals surface area contributed by atoms with Gasteiger partial charge in [0, 0.05) is 0 Å². The fourth-order valence-electron chi connectivity index (χ4n) is 0.623. The van der Waals surface area contributed by atoms with Crippen molar-refractivity contribution in [1.29, 1.82) is 0 Å². The van der Waals surface area contributed by atoms with E-state index >= 15 is 0 Å². The predicted molar refractivity (Wildman–Crippen MR) is 29.2 cm³/mol. The molecule has 0 aliphatic carbocycles. The van der Waals surface area contributed by atoms with Crippen LogP contribution >= 0.6 is 0 Å². The molecule has 1 aromatic heterocycles. The fourth-order valence-corrected chi connectivity index (χ4v) is 0.623. The first-order chi connectivity index (χ1) is 4.29. The molecule has 58 valence electrons. The number of imidazole rings is 1. The van der Waals surface area contributed by atoms with Gasteiger partial charge < -0.3 is 22.6 Å². The zero-order valence-electron chi connectivity index (χ0n) is 5.24. The maximum atomic E-state index is 8.44. The van der Waals surface area contributed by atoms with Gasteiger partial charge in [-0.25, -0.2) is 4.57 Å². The largest absolute Gasteiger partial charge is 1.00 e. The van der Waals surface area contributed by atoms with Crippen molar-refractivity contribution >= 4 is 0 Å². The lowest BCUT2D eigenvalue weighted by molar-refractivity contribution is -0.708. The normalized spacial score (nSPS) is 9.50. The van der Waals surface area contributed by atoms with Gasteiger partial charge in [-0.2, -0.15) is 0 Å². The topological polar surface area (TPSA) is 60.1 Å². The van der Waals surface area contributed by atoms with Crippen molar-refractivity contribution in [3.05, 3.63) is 18.7 Å². The molecule has 1 rings (SSSR count). The number of hydrogen-bond donors (Lipinski definition) is 3. The summed E-state index contributed by atoms with van der Waals surface area (Å²) in [5.74, 6) is 0. The number of halogens is 1. The van der Waals surface area contributed by atoms with Gasteiger partial charge in [0.1, 0.15) is 18.9 Å². The van der Waals surface area contributed by atoms with Crippen molar-refractivity contribution in [2.24, 2.45) is 0 Å². The second-order valence-electron chi connectivity index (χ2n) is 1.79. The molecule has 1 heterocycles. The van der Waals surface area contributed by atoms with Gasteiger partial charge in [0.15, 0.2) is 6.29 Å². The molecule has 0 radical (unpaired) electrons. The molecule has 10 heavy (non-hydrogen) atoms. The van der Waals surface area contributed by atoms with Gasteiger partial charge >= 0.3 is 0 Å². The molecule has 0 aliphatic rings. The van der Waals surface area contributed by atoms with E-state index in [9.17, 15) is 0 Å². The van der Waals surface area contributed by atoms with Crippen LogP contribution in [0, 0.1) is 0 Å². The average Bonchev–Trinajstić information content (AvgIpc) is 2.15. The van der Waals surface area contributed by atoms with Gasteiger partial charge in [-0.1, -0.05) is 0 Å². The molecule has 3 N–H and O–H groups in total. The van der Waals surface area contributed by atoms with Gasteiger partial charge in [0.05, 0.1) is 0 Å². The van der Waals surface area contributed by atoms with Crippen LogP contribution < -0.4 is 17.0 Å². The number of aliphatic hydroxyl groups excluding tert-OH is 1. The molecule has 0 aliphatic heterocycles. The van der Waals surface area contributed by atoms with Gasteiger partial charge in [-0.15, -0.1) is 0 Å². The Hall–Kier alpha value is -0.580. The van der Waals surface area contributed by atoms with Crippen molar-refractivity contribution in [2.75, 3.05) is 0 Å². The van der Waals surface area contributed by atoms with Crippen LogP contribution in [0.3, 0.4) is 0 Å². The molecule has 0 amide bonds. The van der Waals surface area contributed by atoms with Gasteiger partial charge in [-0.05, 0) is 0 Å². The number of hydrogen-bond acceptors (Lipinski definition) is 2. The Kier molecular flexibility index (Phi) is 4.02. The highest BCUT2D eigenvalue weighted by Gasteiger charge is 2.01. The summed E-state index contributed by atoms with van der Waals surface area (Å²) in [6.45, 7) is 0.212. The third-order valence-electron chi connectivity index (χ3n) is 0.977. The minimum atomic E-state index is -1.27. The molecule has 0 saturated carbocycles. The summed E-state index contributed by atoms with van der Waals surface area (Å²) in [6.07, 6.45) is 3.81. The maximum Gasteiger partial charge on any atom is 0.241 e. The number of aliphatic hydroxyl groups is 2. The summed E-state index contributed by atoms with van der Waals surface area (Å²) >= 11 is 0. The summed E-state index contributed by atoms with van der Waals surface area (Å²) in [7, 11) is 0. The quantitative estimate of drug-likeness (QED) is 0.306. The predicted octanol–water partition coefficient (Wildman–Crippen LogP) is -4.38. The lowest BCUT2D eigenvalue weighted by Crippen LogP contribution is -3.00. The number of nitrogens with one attached hydrogen (secondary N) is 1. The third kappa shape index (κ3) is 2.82. The Morgan fingerprint density at radius 3 is 2.60 bits per heavy atom. The Morgan fingerprint density at radius 1 is 1.50 bits per heavy atom. The maximum absolute atomic E-state index is 8.44. The van der Waals surface area contributed by atoms with E-state index < -0.39 is 6.29 Å². The first-order valence-electron chi connectivity index (χ1n) is 2.67. The molecule has 0 saturated heterocycles. The van der Waals surface area contributed by atoms with Crippen molar-refractivity contribution in [3.8, 4) is 0 Å². The molecule has 4 nitrogen and oxygen atoms in total. The van der Waals surface area contributed by atoms with Crippen LogP contribution in [0.5, 0.6) is 0 Å². The minimum Gasteiger partial charge on any atom is -1.00 e. The summed E-state index contributed by atoms with van der Waals surface area (Å²) in [6, 6.07) is 0. The number of aromatic nitrogens is 2. The van der Waals surface area contributed by atoms with E-state index in [4.69, 9.17) is 10.2 Å². The molecule has 1 aromatic rings. The second-order valence-corrected chi connectivity index (χ2v) is 1.79. The van der Waals surface area contributed by atoms with E-state index in [1.165, 1.54) is 0 Å². The molecule has 0 atom stereocenters. The zero-order valence-corrected chi connectivity index (χ0v) is 5.99. The molecule has 0 aromatic carbocycles. The molecular formula is C5H9ClN2O2. The highest BCUT2D eigenvalue weighted by Crippen LogP contribution is 1.74. The van der Waals surface area contributed by atoms with Crippen molar-refractivity contribution in [2.45, 2.75) is 12.8 Å². The SMILES string of the molecule is OC(O)C[n+]1cc[nH]c1.[Cl-]. The van der Waals surface area contributed by atoms with Gasteiger partial charge in [-0.3, -0.25) is 4.98 Å². The first-order valence-corrected chi connectivity index (χ1v) is 2.67. The van der Waals surface area contributed by atoms with Crippen molar-refractivity contribution in [3.63, 3.8) is 0 Å². The number of aromatic amines is 1. The Bertz CT molecular complexity index is 164. The summed E-state index contributed by atoms with van der Waals surface area (Å²) in [4.78, 5) is 2.78. The molecule has 0 spiro atoms. The van der Waals surface area contributed by atoms with E-state index in [1.54, 1.807) is 23.3 Å². The van der Waals surface area contributed by atoms with Crippen LogP contribution in [0.4, 0.5) is 0 Å². The number of nitrogens with zero attached hydrogens (tertiary/aromatic N) is 1. The monoisotopic (exact) mass is 164 g/mol. The molecule has 5 heteroatoms. The highest BCUT2D eigenvalue weighted by atomic mass is 35.5. The number of rotatable bonds is 2. The van der Waals surface area contributed by atoms with Gasteiger partial charge in [0.2, 0.25) is 6.33 Å². The van der Waals surface area contributed by atoms with Crippen molar-refractivity contribution < 1.29 is 27.2 Å². The standard InChI is InChI=1S/C5H8N2O2.ClH/c8-5(9)3-7-2-1-6-4-7;/h1-2,4-5,8-9H,3H2;1H. The van der Waals surface area contributed by atoms with Crippen LogP contribution in [-0.2, 0) is 6.54 Å². The van der Waals surface area contributed by atoms with E-state index in [0.717, 1.165) is 0 Å². The molecule has 0 bridgehead atoms. The molecule has 0 unspecified atom stereocenters. The lowest BCUT2D eigenvalue weighted by atomic mass is 10.6. The fraction of sp³-hybridized carbons (Fsp3) is 0.400. The summed E-state index contributed by atoms with van der Waals surface area (Å²) in [5.41, 5.74) is 0. The molecule has 0 fully saturated rings. The Morgan fingerprint density at radius 2 is 2.20 bits per heavy atom. The van der Waals surface area contributed by atoms with Crippen LogP contribution in [-0.4, -0.2) is 21.5 Å². The minimum absolute atomic E-state index is 0. The second kappa shape index (κ2) is 4.27. The number of H-pyrrole nitrogens is 1. The Labute approximate surface area is 64.5 Å². The Balaban J connectivity index is 0.000000810. The lowest BCUT2D eigenvalue weighted by Gasteiger charge is -1.96. The first kappa shape index (κ1) is 9.42. The van der Waals surface area contributed by atoms with Crippen LogP contribution in [0.1, 0.15) is 0 Å². The van der Waals surface area contributed by atoms with Crippen LogP contribution in [0.2, 0.25) is 0 Å². The van der Waals surface area contributed by atoms with Crippen LogP contribution in [0.25, 0.3) is 0 Å².